The van der Waals surface area contributed by atoms with Crippen LogP contribution in [0.1, 0.15) is 41.6 Å². The van der Waals surface area contributed by atoms with Crippen LogP contribution in [0.3, 0.4) is 0 Å². The molecule has 0 spiro atoms. The molecule has 1 aromatic carbocycles. The van der Waals surface area contributed by atoms with Crippen molar-refractivity contribution in [1.82, 2.24) is 29.8 Å². The fourth-order valence-corrected chi connectivity index (χ4v) is 4.50. The Balaban J connectivity index is 1.53. The second kappa shape index (κ2) is 10.2. The van der Waals surface area contributed by atoms with Gasteiger partial charge in [0, 0.05) is 49.5 Å². The third-order valence-electron chi connectivity index (χ3n) is 6.13. The third kappa shape index (κ3) is 5.41. The summed E-state index contributed by atoms with van der Waals surface area (Å²) in [4.78, 5) is 15.5. The summed E-state index contributed by atoms with van der Waals surface area (Å²) >= 11 is 3.14. The summed E-state index contributed by atoms with van der Waals surface area (Å²) in [6, 6.07) is 2.77. The SMILES string of the molecule is Cc1nn(CC2CC2)cc1Cc1nn(C)nc1-c1c(F)cc(F)cc1C(O)Oc1cc(Br)cnc1[N+](=O)[O-]. The lowest BCUT2D eigenvalue weighted by molar-refractivity contribution is -0.391. The molecule has 0 radical (unpaired) electrons. The largest absolute Gasteiger partial charge is 0.452 e. The number of hydrogen-bond donors (Lipinski definition) is 1. The van der Waals surface area contributed by atoms with Crippen LogP contribution >= 0.6 is 15.9 Å². The Morgan fingerprint density at radius 2 is 2.03 bits per heavy atom. The lowest BCUT2D eigenvalue weighted by Crippen LogP contribution is -2.12. The third-order valence-corrected chi connectivity index (χ3v) is 6.56. The van der Waals surface area contributed by atoms with E-state index in [1.165, 1.54) is 29.9 Å². The van der Waals surface area contributed by atoms with Crippen molar-refractivity contribution in [1.29, 1.82) is 0 Å². The molecule has 11 nitrogen and oxygen atoms in total. The van der Waals surface area contributed by atoms with Gasteiger partial charge in [0.05, 0.1) is 15.9 Å². The molecule has 5 rings (SSSR count). The molecule has 0 aliphatic heterocycles. The van der Waals surface area contributed by atoms with Gasteiger partial charge in [-0.15, -0.1) is 0 Å². The van der Waals surface area contributed by atoms with Gasteiger partial charge in [0.15, 0.2) is 6.20 Å². The van der Waals surface area contributed by atoms with Gasteiger partial charge in [0.1, 0.15) is 17.3 Å². The molecule has 1 saturated carbocycles. The van der Waals surface area contributed by atoms with Gasteiger partial charge in [-0.3, -0.25) is 4.68 Å². The van der Waals surface area contributed by atoms with Crippen molar-refractivity contribution < 1.29 is 23.5 Å². The van der Waals surface area contributed by atoms with Crippen molar-refractivity contribution >= 4 is 21.7 Å². The van der Waals surface area contributed by atoms with Crippen molar-refractivity contribution in [2.24, 2.45) is 13.0 Å². The molecule has 3 aromatic heterocycles. The average Bonchev–Trinajstić information content (AvgIpc) is 3.48. The molecule has 1 aliphatic carbocycles. The predicted octanol–water partition coefficient (Wildman–Crippen LogP) is 4.40. The van der Waals surface area contributed by atoms with Crippen molar-refractivity contribution in [2.45, 2.75) is 39.0 Å². The lowest BCUT2D eigenvalue weighted by atomic mass is 9.99. The number of ether oxygens (including phenoxy) is 1. The van der Waals surface area contributed by atoms with E-state index < -0.39 is 34.4 Å². The second-order valence-electron chi connectivity index (χ2n) is 9.12. The number of pyridine rings is 1. The van der Waals surface area contributed by atoms with E-state index in [1.54, 1.807) is 7.05 Å². The molecule has 198 valence electrons. The minimum absolute atomic E-state index is 0.0684. The topological polar surface area (TPSA) is 134 Å². The maximum atomic E-state index is 15.3. The van der Waals surface area contributed by atoms with Gasteiger partial charge in [-0.25, -0.2) is 8.78 Å². The Kier molecular flexibility index (Phi) is 6.92. The van der Waals surface area contributed by atoms with Crippen LogP contribution in [-0.4, -0.2) is 39.8 Å². The summed E-state index contributed by atoms with van der Waals surface area (Å²) in [5.74, 6) is -2.43. The van der Waals surface area contributed by atoms with E-state index in [0.29, 0.717) is 22.2 Å². The number of halogens is 3. The highest BCUT2D eigenvalue weighted by atomic mass is 79.9. The Hall–Kier alpha value is -3.78. The zero-order valence-corrected chi connectivity index (χ0v) is 21.9. The van der Waals surface area contributed by atoms with Crippen molar-refractivity contribution in [2.75, 3.05) is 0 Å². The van der Waals surface area contributed by atoms with Crippen LogP contribution in [0.25, 0.3) is 11.3 Å². The molecular weight excluding hydrogens is 568 g/mol. The van der Waals surface area contributed by atoms with Crippen molar-refractivity contribution in [3.05, 3.63) is 79.3 Å². The van der Waals surface area contributed by atoms with E-state index in [0.717, 1.165) is 23.9 Å². The fraction of sp³-hybridized carbons (Fsp3) is 0.333. The molecule has 38 heavy (non-hydrogen) atoms. The molecule has 1 atom stereocenters. The summed E-state index contributed by atoms with van der Waals surface area (Å²) < 4.78 is 37.2. The molecular formula is C24H22BrF2N7O4. The van der Waals surface area contributed by atoms with Crippen molar-refractivity contribution in [3.8, 4) is 17.0 Å². The first kappa shape index (κ1) is 25.9. The quantitative estimate of drug-likeness (QED) is 0.172. The number of nitro groups is 1. The van der Waals surface area contributed by atoms with E-state index in [2.05, 4.69) is 36.2 Å². The van der Waals surface area contributed by atoms with Gasteiger partial charge < -0.3 is 20.0 Å². The molecule has 0 amide bonds. The summed E-state index contributed by atoms with van der Waals surface area (Å²) in [5.41, 5.74) is 1.54. The molecule has 1 N–H and O–H groups in total. The maximum Gasteiger partial charge on any atom is 0.406 e. The molecule has 1 unspecified atom stereocenters. The molecule has 14 heteroatoms. The predicted molar refractivity (Wildman–Crippen MR) is 133 cm³/mol. The Bertz CT molecular complexity index is 1540. The van der Waals surface area contributed by atoms with Gasteiger partial charge in [-0.2, -0.15) is 20.1 Å². The number of hydrogen-bond acceptors (Lipinski definition) is 8. The second-order valence-corrected chi connectivity index (χ2v) is 10.0. The van der Waals surface area contributed by atoms with Crippen LogP contribution in [0.15, 0.2) is 35.1 Å². The fourth-order valence-electron chi connectivity index (χ4n) is 4.19. The van der Waals surface area contributed by atoms with Gasteiger partial charge in [0.25, 0.3) is 0 Å². The minimum Gasteiger partial charge on any atom is -0.452 e. The van der Waals surface area contributed by atoms with Gasteiger partial charge in [-0.05, 0) is 63.2 Å². The number of aliphatic hydroxyl groups excluding tert-OH is 1. The van der Waals surface area contributed by atoms with E-state index in [4.69, 9.17) is 4.74 Å². The summed E-state index contributed by atoms with van der Waals surface area (Å²) in [7, 11) is 1.56. The lowest BCUT2D eigenvalue weighted by Gasteiger charge is -2.17. The van der Waals surface area contributed by atoms with Crippen LogP contribution in [0, 0.1) is 34.6 Å². The van der Waals surface area contributed by atoms with Crippen molar-refractivity contribution in [3.63, 3.8) is 0 Å². The molecule has 1 fully saturated rings. The smallest absolute Gasteiger partial charge is 0.406 e. The van der Waals surface area contributed by atoms with Crippen LogP contribution in [0.4, 0.5) is 14.6 Å². The first-order valence-electron chi connectivity index (χ1n) is 11.7. The van der Waals surface area contributed by atoms with Crippen LogP contribution < -0.4 is 4.74 Å². The molecule has 1 aliphatic rings. The summed E-state index contributed by atoms with van der Waals surface area (Å²) in [6.45, 7) is 2.69. The standard InChI is InChI=1S/C24H22BrF2N7O4/c1-12-14(11-33(29-12)10-13-3-4-13)5-19-22(31-32(2)30-19)21-17(7-16(26)8-18(21)27)24(35)38-20-6-15(25)9-28-23(20)34(36)37/h6-9,11,13,24,35H,3-5,10H2,1-2H3. The number of aliphatic hydroxyl groups is 1. The van der Waals surface area contributed by atoms with E-state index in [1.807, 2.05) is 17.8 Å². The van der Waals surface area contributed by atoms with E-state index in [9.17, 15) is 19.6 Å². The van der Waals surface area contributed by atoms with E-state index in [-0.39, 0.29) is 23.2 Å². The first-order chi connectivity index (χ1) is 18.1. The first-order valence-corrected chi connectivity index (χ1v) is 12.5. The number of nitrogens with zero attached hydrogens (tertiary/aromatic N) is 7. The summed E-state index contributed by atoms with van der Waals surface area (Å²) in [5, 5.41) is 35.5. The van der Waals surface area contributed by atoms with Gasteiger partial charge >= 0.3 is 5.82 Å². The average molecular weight is 590 g/mol. The zero-order valence-electron chi connectivity index (χ0n) is 20.3. The molecule has 0 saturated heterocycles. The minimum atomic E-state index is -2.00. The highest BCUT2D eigenvalue weighted by Gasteiger charge is 2.29. The molecule has 4 aromatic rings. The number of aromatic nitrogens is 6. The monoisotopic (exact) mass is 589 g/mol. The Morgan fingerprint density at radius 1 is 1.26 bits per heavy atom. The Labute approximate surface area is 223 Å². The normalized spacial score (nSPS) is 14.1. The number of aryl methyl sites for hydroxylation is 2. The van der Waals surface area contributed by atoms with Crippen LogP contribution in [0.5, 0.6) is 5.75 Å². The van der Waals surface area contributed by atoms with E-state index >= 15 is 4.39 Å². The number of benzene rings is 1. The van der Waals surface area contributed by atoms with Crippen LogP contribution in [-0.2, 0) is 20.0 Å². The van der Waals surface area contributed by atoms with Crippen LogP contribution in [0.2, 0.25) is 0 Å². The summed E-state index contributed by atoms with van der Waals surface area (Å²) in [6.07, 6.45) is 3.73. The highest BCUT2D eigenvalue weighted by Crippen LogP contribution is 2.37. The van der Waals surface area contributed by atoms with Gasteiger partial charge in [-0.1, -0.05) is 0 Å². The van der Waals surface area contributed by atoms with Gasteiger partial charge in [0.2, 0.25) is 12.0 Å². The molecule has 3 heterocycles. The highest BCUT2D eigenvalue weighted by molar-refractivity contribution is 9.10. The molecule has 0 bridgehead atoms. The zero-order chi connectivity index (χ0) is 27.1. The maximum absolute atomic E-state index is 15.3. The Morgan fingerprint density at radius 3 is 2.74 bits per heavy atom. The number of rotatable bonds is 9.